The van der Waals surface area contributed by atoms with E-state index in [1.807, 2.05) is 6.07 Å². The lowest BCUT2D eigenvalue weighted by atomic mass is 10.2. The second kappa shape index (κ2) is 7.84. The molecule has 1 atom stereocenters. The number of epoxide rings is 1. The fourth-order valence-corrected chi connectivity index (χ4v) is 1.98. The summed E-state index contributed by atoms with van der Waals surface area (Å²) in [5.74, 6) is 0.00849. The highest BCUT2D eigenvalue weighted by Crippen LogP contribution is 2.29. The number of hydrogen-bond donors (Lipinski definition) is 0. The highest BCUT2D eigenvalue weighted by molar-refractivity contribution is 9.09. The number of Topliss-reactive ketones (excluding diaryl/α,β-unsaturated/α-hetero) is 1. The Morgan fingerprint density at radius 3 is 2.24 bits per heavy atom. The van der Waals surface area contributed by atoms with Crippen molar-refractivity contribution in [3.05, 3.63) is 58.1 Å². The van der Waals surface area contributed by atoms with Gasteiger partial charge < -0.3 is 4.74 Å². The van der Waals surface area contributed by atoms with Gasteiger partial charge in [-0.25, -0.2) is 9.97 Å². The molecule has 0 radical (unpaired) electrons. The van der Waals surface area contributed by atoms with E-state index in [2.05, 4.69) is 25.9 Å². The summed E-state index contributed by atoms with van der Waals surface area (Å²) < 4.78 is 5.05. The maximum atomic E-state index is 11.0. The van der Waals surface area contributed by atoms with Crippen LogP contribution >= 0.6 is 39.1 Å². The number of carbonyl (C=O) groups excluding carboxylic acids is 1. The monoisotopic (exact) mass is 388 g/mol. The highest BCUT2D eigenvalue weighted by Gasteiger charge is 2.24. The van der Waals surface area contributed by atoms with Crippen molar-refractivity contribution in [1.29, 1.82) is 0 Å². The molecule has 0 N–H and O–H groups in total. The molecule has 21 heavy (non-hydrogen) atoms. The predicted molar refractivity (Wildman–Crippen MR) is 85.3 cm³/mol. The molecule has 1 aliphatic rings. The Labute approximate surface area is 140 Å². The number of rotatable bonds is 3. The van der Waals surface area contributed by atoms with Gasteiger partial charge in [0.25, 0.3) is 0 Å². The number of ketones is 1. The van der Waals surface area contributed by atoms with Gasteiger partial charge in [0.2, 0.25) is 0 Å². The molecule has 0 spiro atoms. The zero-order chi connectivity index (χ0) is 15.2. The Bertz CT molecular complexity index is 601. The van der Waals surface area contributed by atoms with Crippen molar-refractivity contribution in [2.75, 3.05) is 11.9 Å². The van der Waals surface area contributed by atoms with Crippen molar-refractivity contribution in [2.24, 2.45) is 0 Å². The van der Waals surface area contributed by atoms with Gasteiger partial charge >= 0.3 is 0 Å². The number of nitrogens with zero attached hydrogens (tertiary/aromatic N) is 2. The van der Waals surface area contributed by atoms with Gasteiger partial charge in [0.1, 0.15) is 16.4 Å². The molecule has 1 fully saturated rings. The standard InChI is InChI=1S/C7H5BrClNO.C7H6ClNO/c8-3-6(11)5-1-2-7(9)10-4-5;8-7-2-1-5(3-9-7)6-4-10-6/h1-2,4H,3H2;1-3,6H,4H2. The van der Waals surface area contributed by atoms with E-state index in [9.17, 15) is 4.79 Å². The number of ether oxygens (including phenoxy) is 1. The predicted octanol–water partition coefficient (Wildman–Crippen LogP) is 4.12. The number of aromatic nitrogens is 2. The minimum absolute atomic E-state index is 0.00849. The number of halogens is 3. The van der Waals surface area contributed by atoms with Gasteiger partial charge in [0, 0.05) is 23.5 Å². The van der Waals surface area contributed by atoms with Gasteiger partial charge in [-0.1, -0.05) is 45.2 Å². The lowest BCUT2D eigenvalue weighted by Gasteiger charge is -1.94. The van der Waals surface area contributed by atoms with Crippen LogP contribution in [0.15, 0.2) is 36.7 Å². The molecular formula is C14H11BrCl2N2O2. The first-order valence-electron chi connectivity index (χ1n) is 6.04. The van der Waals surface area contributed by atoms with Gasteiger partial charge in [-0.15, -0.1) is 0 Å². The topological polar surface area (TPSA) is 55.4 Å². The molecule has 1 saturated heterocycles. The van der Waals surface area contributed by atoms with E-state index >= 15 is 0 Å². The molecular weight excluding hydrogens is 379 g/mol. The summed E-state index contributed by atoms with van der Waals surface area (Å²) in [6.07, 6.45) is 3.50. The Hall–Kier alpha value is -1.01. The number of alkyl halides is 1. The third-order valence-electron chi connectivity index (χ3n) is 2.63. The van der Waals surface area contributed by atoms with E-state index < -0.39 is 0 Å². The Kier molecular flexibility index (Phi) is 6.11. The molecule has 2 aromatic rings. The van der Waals surface area contributed by atoms with Gasteiger partial charge in [-0.2, -0.15) is 0 Å². The van der Waals surface area contributed by atoms with Crippen molar-refractivity contribution in [3.8, 4) is 0 Å². The van der Waals surface area contributed by atoms with Crippen LogP contribution in [0.1, 0.15) is 22.0 Å². The molecule has 0 bridgehead atoms. The van der Waals surface area contributed by atoms with Gasteiger partial charge in [0.05, 0.1) is 11.9 Å². The van der Waals surface area contributed by atoms with Crippen molar-refractivity contribution in [2.45, 2.75) is 6.10 Å². The van der Waals surface area contributed by atoms with Crippen molar-refractivity contribution >= 4 is 44.9 Å². The molecule has 3 heterocycles. The molecule has 1 unspecified atom stereocenters. The molecule has 1 aliphatic heterocycles. The van der Waals surface area contributed by atoms with E-state index in [-0.39, 0.29) is 11.9 Å². The second-order valence-corrected chi connectivity index (χ2v) is 5.50. The van der Waals surface area contributed by atoms with Crippen LogP contribution in [0, 0.1) is 0 Å². The zero-order valence-electron chi connectivity index (χ0n) is 10.8. The third-order valence-corrected chi connectivity index (χ3v) is 3.58. The molecule has 2 aromatic heterocycles. The van der Waals surface area contributed by atoms with Crippen LogP contribution in [0.4, 0.5) is 0 Å². The lowest BCUT2D eigenvalue weighted by molar-refractivity contribution is 0.102. The molecule has 4 nitrogen and oxygen atoms in total. The maximum Gasteiger partial charge on any atom is 0.174 e. The number of pyridine rings is 2. The summed E-state index contributed by atoms with van der Waals surface area (Å²) in [7, 11) is 0. The van der Waals surface area contributed by atoms with Crippen LogP contribution in [-0.2, 0) is 4.74 Å². The van der Waals surface area contributed by atoms with Crippen LogP contribution in [0.3, 0.4) is 0 Å². The van der Waals surface area contributed by atoms with Crippen molar-refractivity contribution in [3.63, 3.8) is 0 Å². The van der Waals surface area contributed by atoms with E-state index in [1.165, 1.54) is 6.20 Å². The van der Waals surface area contributed by atoms with E-state index in [0.29, 0.717) is 21.2 Å². The van der Waals surface area contributed by atoms with Gasteiger partial charge in [-0.05, 0) is 18.2 Å². The number of hydrogen-bond acceptors (Lipinski definition) is 4. The first-order valence-corrected chi connectivity index (χ1v) is 7.91. The second-order valence-electron chi connectivity index (χ2n) is 4.16. The normalized spacial score (nSPS) is 15.9. The first kappa shape index (κ1) is 16.4. The average Bonchev–Trinajstić information content (AvgIpc) is 3.33. The first-order chi connectivity index (χ1) is 10.1. The Balaban J connectivity index is 0.000000154. The molecule has 0 aliphatic carbocycles. The van der Waals surface area contributed by atoms with E-state index in [0.717, 1.165) is 12.2 Å². The third kappa shape index (κ3) is 5.36. The molecule has 0 saturated carbocycles. The molecule has 0 amide bonds. The fraction of sp³-hybridized carbons (Fsp3) is 0.214. The van der Waals surface area contributed by atoms with Crippen molar-refractivity contribution in [1.82, 2.24) is 9.97 Å². The molecule has 3 rings (SSSR count). The minimum Gasteiger partial charge on any atom is -0.368 e. The summed E-state index contributed by atoms with van der Waals surface area (Å²) in [5, 5.41) is 1.25. The quantitative estimate of drug-likeness (QED) is 0.343. The summed E-state index contributed by atoms with van der Waals surface area (Å²) in [5.41, 5.74) is 1.69. The van der Waals surface area contributed by atoms with Crippen molar-refractivity contribution < 1.29 is 9.53 Å². The van der Waals surface area contributed by atoms with E-state index in [1.54, 1.807) is 24.4 Å². The Morgan fingerprint density at radius 2 is 1.81 bits per heavy atom. The van der Waals surface area contributed by atoms with Gasteiger partial charge in [-0.3, -0.25) is 4.79 Å². The highest BCUT2D eigenvalue weighted by atomic mass is 79.9. The van der Waals surface area contributed by atoms with Crippen LogP contribution in [0.25, 0.3) is 0 Å². The molecule has 110 valence electrons. The molecule has 7 heteroatoms. The SMILES string of the molecule is Clc1ccc(C2CO2)cn1.O=C(CBr)c1ccc(Cl)nc1. The maximum absolute atomic E-state index is 11.0. The summed E-state index contributed by atoms with van der Waals surface area (Å²) >= 11 is 14.2. The van der Waals surface area contributed by atoms with E-state index in [4.69, 9.17) is 27.9 Å². The summed E-state index contributed by atoms with van der Waals surface area (Å²) in [6, 6.07) is 6.96. The number of carbonyl (C=O) groups is 1. The molecule has 0 aromatic carbocycles. The summed E-state index contributed by atoms with van der Waals surface area (Å²) in [4.78, 5) is 18.7. The summed E-state index contributed by atoms with van der Waals surface area (Å²) in [6.45, 7) is 0.823. The fourth-order valence-electron chi connectivity index (χ4n) is 1.44. The van der Waals surface area contributed by atoms with Crippen LogP contribution < -0.4 is 0 Å². The van der Waals surface area contributed by atoms with Crippen LogP contribution in [-0.4, -0.2) is 27.7 Å². The van der Waals surface area contributed by atoms with Gasteiger partial charge in [0.15, 0.2) is 5.78 Å². The minimum atomic E-state index is 0.00849. The zero-order valence-corrected chi connectivity index (χ0v) is 13.9. The average molecular weight is 390 g/mol. The van der Waals surface area contributed by atoms with Crippen LogP contribution in [0.5, 0.6) is 0 Å². The smallest absolute Gasteiger partial charge is 0.174 e. The van der Waals surface area contributed by atoms with Crippen LogP contribution in [0.2, 0.25) is 10.3 Å². The lowest BCUT2D eigenvalue weighted by Crippen LogP contribution is -1.99. The Morgan fingerprint density at radius 1 is 1.19 bits per heavy atom. The largest absolute Gasteiger partial charge is 0.368 e.